The Bertz CT molecular complexity index is 173. The van der Waals surface area contributed by atoms with Gasteiger partial charge in [0.25, 0.3) is 0 Å². The Labute approximate surface area is 72.5 Å². The summed E-state index contributed by atoms with van der Waals surface area (Å²) in [5.74, 6) is 1.70. The molecule has 0 unspecified atom stereocenters. The lowest BCUT2D eigenvalue weighted by Crippen LogP contribution is -2.18. The zero-order chi connectivity index (χ0) is 9.14. The monoisotopic (exact) mass is 172 g/mol. The zero-order valence-corrected chi connectivity index (χ0v) is 7.54. The van der Waals surface area contributed by atoms with Crippen molar-refractivity contribution in [3.05, 3.63) is 11.5 Å². The van der Waals surface area contributed by atoms with Crippen molar-refractivity contribution in [2.45, 2.75) is 20.1 Å². The molecule has 1 aliphatic heterocycles. The lowest BCUT2D eigenvalue weighted by molar-refractivity contribution is -0.0711. The van der Waals surface area contributed by atoms with Crippen LogP contribution in [0.4, 0.5) is 0 Å². The van der Waals surface area contributed by atoms with Gasteiger partial charge in [0.2, 0.25) is 6.29 Å². The van der Waals surface area contributed by atoms with E-state index in [0.29, 0.717) is 30.5 Å². The van der Waals surface area contributed by atoms with E-state index in [4.69, 9.17) is 20.9 Å². The molecule has 0 atom stereocenters. The molecule has 70 valence electrons. The van der Waals surface area contributed by atoms with Crippen molar-refractivity contribution in [1.82, 2.24) is 0 Å². The van der Waals surface area contributed by atoms with Crippen LogP contribution in [0.3, 0.4) is 0 Å². The van der Waals surface area contributed by atoms with E-state index in [9.17, 15) is 0 Å². The van der Waals surface area contributed by atoms with Crippen molar-refractivity contribution in [2.24, 2.45) is 17.4 Å². The average Bonchev–Trinajstić information content (AvgIpc) is 2.46. The summed E-state index contributed by atoms with van der Waals surface area (Å²) in [6.45, 7) is 4.77. The Balaban J connectivity index is 2.59. The molecular formula is C8H16N2O2. The molecule has 0 aromatic rings. The van der Waals surface area contributed by atoms with Crippen molar-refractivity contribution in [2.75, 3.05) is 13.1 Å². The maximum absolute atomic E-state index is 5.44. The zero-order valence-electron chi connectivity index (χ0n) is 7.54. The van der Waals surface area contributed by atoms with Crippen LogP contribution < -0.4 is 11.5 Å². The summed E-state index contributed by atoms with van der Waals surface area (Å²) in [5.41, 5.74) is 10.9. The maximum atomic E-state index is 5.44. The van der Waals surface area contributed by atoms with Crippen molar-refractivity contribution >= 4 is 0 Å². The Hall–Kier alpha value is -0.740. The number of ether oxygens (including phenoxy) is 2. The second-order valence-corrected chi connectivity index (χ2v) is 3.10. The third kappa shape index (κ3) is 1.70. The van der Waals surface area contributed by atoms with Gasteiger partial charge in [0, 0.05) is 5.92 Å². The van der Waals surface area contributed by atoms with Crippen molar-refractivity contribution < 1.29 is 9.47 Å². The van der Waals surface area contributed by atoms with Gasteiger partial charge in [-0.3, -0.25) is 0 Å². The quantitative estimate of drug-likeness (QED) is 0.635. The third-order valence-electron chi connectivity index (χ3n) is 1.74. The Morgan fingerprint density at radius 3 is 1.83 bits per heavy atom. The van der Waals surface area contributed by atoms with E-state index in [1.54, 1.807) is 0 Å². The van der Waals surface area contributed by atoms with Gasteiger partial charge in [0.1, 0.15) is 0 Å². The van der Waals surface area contributed by atoms with Crippen LogP contribution in [0.5, 0.6) is 0 Å². The van der Waals surface area contributed by atoms with Crippen molar-refractivity contribution in [1.29, 1.82) is 0 Å². The molecule has 0 fully saturated rings. The minimum atomic E-state index is -0.206. The first-order valence-corrected chi connectivity index (χ1v) is 4.14. The first-order valence-electron chi connectivity index (χ1n) is 4.14. The Kier molecular flexibility index (Phi) is 2.94. The smallest absolute Gasteiger partial charge is 0.242 e. The van der Waals surface area contributed by atoms with Gasteiger partial charge in [-0.2, -0.15) is 0 Å². The number of rotatable bonds is 3. The molecule has 1 heterocycles. The molecule has 0 amide bonds. The minimum Gasteiger partial charge on any atom is -0.454 e. The summed E-state index contributed by atoms with van der Waals surface area (Å²) in [4.78, 5) is 0. The van der Waals surface area contributed by atoms with Crippen molar-refractivity contribution in [3.8, 4) is 0 Å². The van der Waals surface area contributed by atoms with Gasteiger partial charge in [0.05, 0.1) is 13.1 Å². The predicted octanol–water partition coefficient (Wildman–Crippen LogP) is 0.144. The molecule has 0 radical (unpaired) electrons. The lowest BCUT2D eigenvalue weighted by Gasteiger charge is -2.15. The largest absolute Gasteiger partial charge is 0.454 e. The fourth-order valence-electron chi connectivity index (χ4n) is 1.03. The molecule has 0 aromatic heterocycles. The van der Waals surface area contributed by atoms with Gasteiger partial charge in [-0.25, -0.2) is 0 Å². The molecular weight excluding hydrogens is 156 g/mol. The predicted molar refractivity (Wildman–Crippen MR) is 45.9 cm³/mol. The van der Waals surface area contributed by atoms with Crippen LogP contribution in [-0.2, 0) is 9.47 Å². The summed E-state index contributed by atoms with van der Waals surface area (Å²) >= 11 is 0. The second-order valence-electron chi connectivity index (χ2n) is 3.10. The van der Waals surface area contributed by atoms with Crippen LogP contribution in [0.25, 0.3) is 0 Å². The molecule has 0 saturated carbocycles. The molecule has 0 saturated heterocycles. The molecule has 1 rings (SSSR count). The van der Waals surface area contributed by atoms with E-state index in [1.165, 1.54) is 0 Å². The first-order chi connectivity index (χ1) is 5.69. The van der Waals surface area contributed by atoms with Gasteiger partial charge in [-0.05, 0) is 0 Å². The average molecular weight is 172 g/mol. The molecule has 12 heavy (non-hydrogen) atoms. The van der Waals surface area contributed by atoms with E-state index in [2.05, 4.69) is 0 Å². The molecule has 0 bridgehead atoms. The Morgan fingerprint density at radius 1 is 1.17 bits per heavy atom. The summed E-state index contributed by atoms with van der Waals surface area (Å²) in [7, 11) is 0. The summed E-state index contributed by atoms with van der Waals surface area (Å²) in [5, 5.41) is 0. The van der Waals surface area contributed by atoms with E-state index < -0.39 is 0 Å². The number of hydrogen-bond acceptors (Lipinski definition) is 4. The van der Waals surface area contributed by atoms with Crippen molar-refractivity contribution in [3.63, 3.8) is 0 Å². The van der Waals surface area contributed by atoms with Gasteiger partial charge in [0.15, 0.2) is 11.5 Å². The normalized spacial score (nSPS) is 18.4. The minimum absolute atomic E-state index is 0.206. The van der Waals surface area contributed by atoms with Gasteiger partial charge >= 0.3 is 0 Å². The molecule has 0 aromatic carbocycles. The molecule has 4 heteroatoms. The first kappa shape index (κ1) is 9.35. The van der Waals surface area contributed by atoms with E-state index in [1.807, 2.05) is 13.8 Å². The fourth-order valence-corrected chi connectivity index (χ4v) is 1.03. The van der Waals surface area contributed by atoms with Gasteiger partial charge in [-0.15, -0.1) is 0 Å². The van der Waals surface area contributed by atoms with Crippen LogP contribution >= 0.6 is 0 Å². The van der Waals surface area contributed by atoms with Crippen LogP contribution in [0.15, 0.2) is 11.5 Å². The third-order valence-corrected chi connectivity index (χ3v) is 1.74. The maximum Gasteiger partial charge on any atom is 0.242 e. The highest BCUT2D eigenvalue weighted by Crippen LogP contribution is 2.24. The highest BCUT2D eigenvalue weighted by molar-refractivity contribution is 5.08. The summed E-state index contributed by atoms with van der Waals surface area (Å²) in [6, 6.07) is 0. The Morgan fingerprint density at radius 2 is 1.58 bits per heavy atom. The number of hydrogen-bond donors (Lipinski definition) is 2. The molecule has 0 spiro atoms. The fraction of sp³-hybridized carbons (Fsp3) is 0.750. The van der Waals surface area contributed by atoms with Crippen LogP contribution in [0.1, 0.15) is 13.8 Å². The second kappa shape index (κ2) is 3.78. The molecule has 1 aliphatic rings. The van der Waals surface area contributed by atoms with E-state index >= 15 is 0 Å². The molecule has 4 N–H and O–H groups in total. The molecule has 4 nitrogen and oxygen atoms in total. The van der Waals surface area contributed by atoms with E-state index in [0.717, 1.165) is 0 Å². The highest BCUT2D eigenvalue weighted by Gasteiger charge is 2.27. The SMILES string of the molecule is CC(C)C1OC(CN)=C(CN)O1. The van der Waals surface area contributed by atoms with E-state index in [-0.39, 0.29) is 6.29 Å². The molecule has 0 aliphatic carbocycles. The van der Waals surface area contributed by atoms with Crippen LogP contribution in [0, 0.1) is 5.92 Å². The van der Waals surface area contributed by atoms with Gasteiger partial charge < -0.3 is 20.9 Å². The van der Waals surface area contributed by atoms with Gasteiger partial charge in [-0.1, -0.05) is 13.8 Å². The summed E-state index contributed by atoms with van der Waals surface area (Å²) < 4.78 is 10.9. The van der Waals surface area contributed by atoms with Crippen LogP contribution in [0.2, 0.25) is 0 Å². The van der Waals surface area contributed by atoms with Crippen LogP contribution in [-0.4, -0.2) is 19.4 Å². The topological polar surface area (TPSA) is 70.5 Å². The highest BCUT2D eigenvalue weighted by atomic mass is 16.7. The standard InChI is InChI=1S/C8H16N2O2/c1-5(2)8-11-6(3-9)7(4-10)12-8/h5,8H,3-4,9-10H2,1-2H3. The number of nitrogens with two attached hydrogens (primary N) is 2. The lowest BCUT2D eigenvalue weighted by atomic mass is 10.2. The summed E-state index contributed by atoms with van der Waals surface area (Å²) in [6.07, 6.45) is -0.206.